The maximum atomic E-state index is 10.7. The first-order valence-corrected chi connectivity index (χ1v) is 7.01. The molecular weight excluding hydrogens is 314 g/mol. The SMILES string of the molecule is O=C(O)C(CS)N[Te]c1ccccc1. The fourth-order valence-electron chi connectivity index (χ4n) is 0.793. The van der Waals surface area contributed by atoms with Crippen molar-refractivity contribution < 1.29 is 9.90 Å². The van der Waals surface area contributed by atoms with E-state index < -0.39 is 33.2 Å². The Morgan fingerprint density at radius 1 is 1.50 bits per heavy atom. The second kappa shape index (κ2) is 6.31. The van der Waals surface area contributed by atoms with E-state index >= 15 is 0 Å². The summed E-state index contributed by atoms with van der Waals surface area (Å²) in [5, 5.41) is 8.76. The van der Waals surface area contributed by atoms with E-state index in [-0.39, 0.29) is 0 Å². The Labute approximate surface area is 98.7 Å². The summed E-state index contributed by atoms with van der Waals surface area (Å²) in [4.78, 5) is 10.7. The first kappa shape index (κ1) is 11.9. The number of benzene rings is 1. The Hall–Kier alpha value is -0.210. The summed E-state index contributed by atoms with van der Waals surface area (Å²) in [6.07, 6.45) is 0. The molecule has 5 heteroatoms. The van der Waals surface area contributed by atoms with Crippen LogP contribution in [-0.4, -0.2) is 44.1 Å². The maximum absolute atomic E-state index is 10.7. The van der Waals surface area contributed by atoms with Gasteiger partial charge < -0.3 is 0 Å². The van der Waals surface area contributed by atoms with Crippen LogP contribution in [0.25, 0.3) is 0 Å². The van der Waals surface area contributed by atoms with E-state index in [1.54, 1.807) is 0 Å². The van der Waals surface area contributed by atoms with Crippen LogP contribution in [0.4, 0.5) is 0 Å². The van der Waals surface area contributed by atoms with Crippen molar-refractivity contribution in [1.82, 2.24) is 3.57 Å². The molecule has 0 heterocycles. The predicted octanol–water partition coefficient (Wildman–Crippen LogP) is -0.0963. The summed E-state index contributed by atoms with van der Waals surface area (Å²) in [5.74, 6) is -0.506. The zero-order chi connectivity index (χ0) is 10.4. The summed E-state index contributed by atoms with van der Waals surface area (Å²) in [6.45, 7) is 0. The molecule has 0 amide bonds. The standard InChI is InChI=1S/C9H11NO2STe/c11-9(12)8(6-13)10-14-7-4-2-1-3-5-7/h1-5,8,10,13H,6H2,(H,11,12). The average molecular weight is 325 g/mol. The number of carbonyl (C=O) groups is 1. The van der Waals surface area contributed by atoms with Gasteiger partial charge in [0.15, 0.2) is 0 Å². The molecule has 0 fully saturated rings. The molecule has 3 nitrogen and oxygen atoms in total. The van der Waals surface area contributed by atoms with Gasteiger partial charge >= 0.3 is 99.0 Å². The second-order valence-electron chi connectivity index (χ2n) is 2.61. The average Bonchev–Trinajstić information content (AvgIpc) is 2.20. The van der Waals surface area contributed by atoms with Gasteiger partial charge in [0, 0.05) is 0 Å². The van der Waals surface area contributed by atoms with Crippen LogP contribution in [0.1, 0.15) is 0 Å². The molecule has 1 unspecified atom stereocenters. The van der Waals surface area contributed by atoms with Crippen molar-refractivity contribution in [2.75, 3.05) is 5.75 Å². The van der Waals surface area contributed by atoms with Gasteiger partial charge in [-0.15, -0.1) is 0 Å². The molecule has 0 spiro atoms. The molecule has 0 aliphatic carbocycles. The van der Waals surface area contributed by atoms with Crippen molar-refractivity contribution in [3.63, 3.8) is 0 Å². The molecule has 1 aromatic carbocycles. The molecule has 0 saturated carbocycles. The molecule has 76 valence electrons. The number of carboxylic acids is 1. The zero-order valence-electron chi connectivity index (χ0n) is 7.38. The van der Waals surface area contributed by atoms with Crippen molar-refractivity contribution in [3.8, 4) is 0 Å². The third kappa shape index (κ3) is 3.89. The Morgan fingerprint density at radius 3 is 2.64 bits per heavy atom. The van der Waals surface area contributed by atoms with Crippen molar-refractivity contribution in [1.29, 1.82) is 0 Å². The summed E-state index contributed by atoms with van der Waals surface area (Å²) < 4.78 is 4.24. The van der Waals surface area contributed by atoms with Gasteiger partial charge in [0.05, 0.1) is 0 Å². The fourth-order valence-corrected chi connectivity index (χ4v) is 3.58. The summed E-state index contributed by atoms with van der Waals surface area (Å²) in [7, 11) is 0. The number of hydrogen-bond donors (Lipinski definition) is 3. The minimum absolute atomic E-state index is 0.326. The quantitative estimate of drug-likeness (QED) is 0.524. The van der Waals surface area contributed by atoms with Crippen LogP contribution >= 0.6 is 12.6 Å². The van der Waals surface area contributed by atoms with E-state index in [2.05, 4.69) is 16.2 Å². The van der Waals surface area contributed by atoms with Crippen molar-refractivity contribution in [2.45, 2.75) is 6.04 Å². The predicted molar refractivity (Wildman–Crippen MR) is 60.2 cm³/mol. The number of thiol groups is 1. The summed E-state index contributed by atoms with van der Waals surface area (Å²) in [6, 6.07) is 9.35. The van der Waals surface area contributed by atoms with Crippen LogP contribution in [0.5, 0.6) is 0 Å². The van der Waals surface area contributed by atoms with Gasteiger partial charge in [-0.05, 0) is 0 Å². The molecule has 14 heavy (non-hydrogen) atoms. The van der Waals surface area contributed by atoms with Crippen molar-refractivity contribution in [2.24, 2.45) is 0 Å². The van der Waals surface area contributed by atoms with Gasteiger partial charge in [-0.1, -0.05) is 0 Å². The van der Waals surface area contributed by atoms with E-state index in [1.165, 1.54) is 3.61 Å². The van der Waals surface area contributed by atoms with Gasteiger partial charge in [0.1, 0.15) is 0 Å². The van der Waals surface area contributed by atoms with Crippen molar-refractivity contribution in [3.05, 3.63) is 30.3 Å². The number of carboxylic acid groups (broad SMARTS) is 1. The van der Waals surface area contributed by atoms with Crippen LogP contribution < -0.4 is 7.18 Å². The topological polar surface area (TPSA) is 49.3 Å². The Bertz CT molecular complexity index is 294. The Morgan fingerprint density at radius 2 is 2.14 bits per heavy atom. The van der Waals surface area contributed by atoms with Gasteiger partial charge in [-0.25, -0.2) is 0 Å². The molecular formula is C9H11NO2STe. The van der Waals surface area contributed by atoms with Crippen LogP contribution in [0.15, 0.2) is 30.3 Å². The first-order valence-electron chi connectivity index (χ1n) is 4.05. The van der Waals surface area contributed by atoms with Gasteiger partial charge in [0.25, 0.3) is 0 Å². The Kier molecular flexibility index (Phi) is 5.34. The van der Waals surface area contributed by atoms with Crippen LogP contribution in [0, 0.1) is 0 Å². The van der Waals surface area contributed by atoms with Gasteiger partial charge in [-0.2, -0.15) is 0 Å². The molecule has 0 aromatic heterocycles. The molecule has 0 aliphatic heterocycles. The number of nitrogens with one attached hydrogen (secondary N) is 1. The van der Waals surface area contributed by atoms with Crippen LogP contribution in [0.2, 0.25) is 0 Å². The zero-order valence-corrected chi connectivity index (χ0v) is 10.6. The normalized spacial score (nSPS) is 12.4. The molecule has 0 radical (unpaired) electrons. The van der Waals surface area contributed by atoms with E-state index in [0.29, 0.717) is 5.75 Å². The molecule has 0 aliphatic rings. The molecule has 1 atom stereocenters. The Balaban J connectivity index is 2.44. The second-order valence-corrected chi connectivity index (χ2v) is 5.57. The van der Waals surface area contributed by atoms with E-state index in [0.717, 1.165) is 0 Å². The number of rotatable bonds is 5. The van der Waals surface area contributed by atoms with E-state index in [4.69, 9.17) is 5.11 Å². The van der Waals surface area contributed by atoms with Crippen molar-refractivity contribution >= 4 is 43.4 Å². The fraction of sp³-hybridized carbons (Fsp3) is 0.222. The summed E-state index contributed by atoms with van der Waals surface area (Å²) in [5.41, 5.74) is 0. The van der Waals surface area contributed by atoms with E-state index in [9.17, 15) is 4.79 Å². The minimum atomic E-state index is -0.832. The van der Waals surface area contributed by atoms with Crippen LogP contribution in [-0.2, 0) is 4.79 Å². The van der Waals surface area contributed by atoms with Gasteiger partial charge in [-0.3, -0.25) is 0 Å². The molecule has 0 bridgehead atoms. The number of hydrogen-bond acceptors (Lipinski definition) is 3. The molecule has 2 N–H and O–H groups in total. The molecule has 1 aromatic rings. The first-order chi connectivity index (χ1) is 6.74. The third-order valence-electron chi connectivity index (χ3n) is 1.54. The monoisotopic (exact) mass is 327 g/mol. The van der Waals surface area contributed by atoms with E-state index in [1.807, 2.05) is 30.3 Å². The third-order valence-corrected chi connectivity index (χ3v) is 4.51. The molecule has 0 saturated heterocycles. The van der Waals surface area contributed by atoms with Gasteiger partial charge in [0.2, 0.25) is 0 Å². The molecule has 1 rings (SSSR count). The summed E-state index contributed by atoms with van der Waals surface area (Å²) >= 11 is 3.37. The number of aliphatic carboxylic acids is 1. The van der Waals surface area contributed by atoms with Crippen LogP contribution in [0.3, 0.4) is 0 Å².